The number of nitrogens with one attached hydrogen (secondary N) is 1. The zero-order valence-corrected chi connectivity index (χ0v) is 10.5. The average Bonchev–Trinajstić information content (AvgIpc) is 2.30. The topological polar surface area (TPSA) is 71.2 Å². The smallest absolute Gasteiger partial charge is 0.312 e. The molecule has 2 rings (SSSR count). The standard InChI is InChI=1S/C11H14ClFN4O/c12-8-5-15-6-9(13)10(8)17-3-1-7(2-4-17)16-11(14)18/h5-7H,1-4H2,(H3,14,16,18). The zero-order valence-electron chi connectivity index (χ0n) is 9.70. The highest BCUT2D eigenvalue weighted by molar-refractivity contribution is 6.33. The molecule has 98 valence electrons. The Kier molecular flexibility index (Phi) is 3.86. The Morgan fingerprint density at radius 1 is 1.50 bits per heavy atom. The number of urea groups is 1. The van der Waals surface area contributed by atoms with E-state index in [1.54, 1.807) is 0 Å². The molecule has 5 nitrogen and oxygen atoms in total. The van der Waals surface area contributed by atoms with E-state index in [1.165, 1.54) is 6.20 Å². The lowest BCUT2D eigenvalue weighted by molar-refractivity contribution is 0.242. The van der Waals surface area contributed by atoms with Crippen molar-refractivity contribution in [1.29, 1.82) is 0 Å². The molecule has 0 aromatic carbocycles. The molecule has 1 aromatic heterocycles. The average molecular weight is 273 g/mol. The van der Waals surface area contributed by atoms with Gasteiger partial charge in [0, 0.05) is 25.3 Å². The molecule has 0 bridgehead atoms. The van der Waals surface area contributed by atoms with Crippen LogP contribution in [0.3, 0.4) is 0 Å². The fourth-order valence-electron chi connectivity index (χ4n) is 2.16. The number of primary amides is 1. The molecular formula is C11H14ClFN4O. The van der Waals surface area contributed by atoms with E-state index >= 15 is 0 Å². The van der Waals surface area contributed by atoms with Crippen LogP contribution in [0, 0.1) is 5.82 Å². The van der Waals surface area contributed by atoms with Crippen molar-refractivity contribution in [3.05, 3.63) is 23.2 Å². The molecule has 0 unspecified atom stereocenters. The van der Waals surface area contributed by atoms with E-state index in [-0.39, 0.29) is 6.04 Å². The second kappa shape index (κ2) is 5.39. The maximum Gasteiger partial charge on any atom is 0.312 e. The van der Waals surface area contributed by atoms with Gasteiger partial charge in [-0.3, -0.25) is 4.98 Å². The molecule has 18 heavy (non-hydrogen) atoms. The van der Waals surface area contributed by atoms with Crippen LogP contribution < -0.4 is 16.0 Å². The number of amides is 2. The van der Waals surface area contributed by atoms with Crippen molar-refractivity contribution >= 4 is 23.3 Å². The number of hydrogen-bond donors (Lipinski definition) is 2. The fourth-order valence-corrected chi connectivity index (χ4v) is 2.42. The summed E-state index contributed by atoms with van der Waals surface area (Å²) in [5, 5.41) is 2.96. The number of anilines is 1. The van der Waals surface area contributed by atoms with Gasteiger partial charge in [-0.25, -0.2) is 9.18 Å². The van der Waals surface area contributed by atoms with Crippen molar-refractivity contribution in [1.82, 2.24) is 10.3 Å². The van der Waals surface area contributed by atoms with Crippen LogP contribution in [0.15, 0.2) is 12.4 Å². The number of carbonyl (C=O) groups excluding carboxylic acids is 1. The highest BCUT2D eigenvalue weighted by atomic mass is 35.5. The molecule has 0 spiro atoms. The van der Waals surface area contributed by atoms with Crippen molar-refractivity contribution in [2.45, 2.75) is 18.9 Å². The van der Waals surface area contributed by atoms with Crippen LogP contribution in [-0.2, 0) is 0 Å². The largest absolute Gasteiger partial charge is 0.368 e. The molecular weight excluding hydrogens is 259 g/mol. The van der Waals surface area contributed by atoms with Crippen LogP contribution in [-0.4, -0.2) is 30.1 Å². The molecule has 2 amide bonds. The molecule has 1 saturated heterocycles. The van der Waals surface area contributed by atoms with E-state index in [0.717, 1.165) is 6.20 Å². The van der Waals surface area contributed by atoms with Gasteiger partial charge in [-0.2, -0.15) is 0 Å². The van der Waals surface area contributed by atoms with Crippen LogP contribution in [0.1, 0.15) is 12.8 Å². The summed E-state index contributed by atoms with van der Waals surface area (Å²) >= 11 is 5.95. The summed E-state index contributed by atoms with van der Waals surface area (Å²) in [5.41, 5.74) is 5.44. The normalized spacial score (nSPS) is 16.7. The number of rotatable bonds is 2. The van der Waals surface area contributed by atoms with Crippen LogP contribution in [0.5, 0.6) is 0 Å². The van der Waals surface area contributed by atoms with Gasteiger partial charge >= 0.3 is 6.03 Å². The number of hydrogen-bond acceptors (Lipinski definition) is 3. The number of carbonyl (C=O) groups is 1. The van der Waals surface area contributed by atoms with Gasteiger partial charge < -0.3 is 16.0 Å². The Morgan fingerprint density at radius 3 is 2.72 bits per heavy atom. The number of nitrogens with two attached hydrogens (primary N) is 1. The van der Waals surface area contributed by atoms with E-state index < -0.39 is 11.8 Å². The first-order chi connectivity index (χ1) is 8.58. The molecule has 1 aromatic rings. The van der Waals surface area contributed by atoms with Crippen LogP contribution >= 0.6 is 11.6 Å². The molecule has 1 aliphatic rings. The molecule has 0 radical (unpaired) electrons. The Balaban J connectivity index is 2.03. The summed E-state index contributed by atoms with van der Waals surface area (Å²) in [6.07, 6.45) is 3.99. The molecule has 1 aliphatic heterocycles. The van der Waals surface area contributed by atoms with Crippen molar-refractivity contribution in [3.63, 3.8) is 0 Å². The highest BCUT2D eigenvalue weighted by Crippen LogP contribution is 2.29. The van der Waals surface area contributed by atoms with Crippen LogP contribution in [0.25, 0.3) is 0 Å². The SMILES string of the molecule is NC(=O)NC1CCN(c2c(F)cncc2Cl)CC1. The van der Waals surface area contributed by atoms with Gasteiger partial charge in [-0.15, -0.1) is 0 Å². The Labute approximate surface area is 109 Å². The van der Waals surface area contributed by atoms with Crippen molar-refractivity contribution in [2.75, 3.05) is 18.0 Å². The lowest BCUT2D eigenvalue weighted by Gasteiger charge is -2.34. The van der Waals surface area contributed by atoms with E-state index in [4.69, 9.17) is 17.3 Å². The van der Waals surface area contributed by atoms with E-state index in [2.05, 4.69) is 10.3 Å². The quantitative estimate of drug-likeness (QED) is 0.857. The molecule has 0 atom stereocenters. The maximum atomic E-state index is 13.7. The summed E-state index contributed by atoms with van der Waals surface area (Å²) in [4.78, 5) is 16.3. The Bertz CT molecular complexity index is 428. The second-order valence-electron chi connectivity index (χ2n) is 4.22. The summed E-state index contributed by atoms with van der Waals surface area (Å²) < 4.78 is 13.7. The molecule has 0 aliphatic carbocycles. The van der Waals surface area contributed by atoms with Gasteiger partial charge in [-0.05, 0) is 12.8 Å². The van der Waals surface area contributed by atoms with Crippen molar-refractivity contribution in [3.8, 4) is 0 Å². The number of pyridine rings is 1. The van der Waals surface area contributed by atoms with Gasteiger partial charge in [-0.1, -0.05) is 11.6 Å². The minimum Gasteiger partial charge on any atom is -0.368 e. The summed E-state index contributed by atoms with van der Waals surface area (Å²) in [6, 6.07) is -0.482. The van der Waals surface area contributed by atoms with E-state index in [1.807, 2.05) is 4.90 Å². The van der Waals surface area contributed by atoms with Gasteiger partial charge in [0.2, 0.25) is 0 Å². The minimum absolute atomic E-state index is 0.0439. The predicted octanol–water partition coefficient (Wildman–Crippen LogP) is 1.51. The highest BCUT2D eigenvalue weighted by Gasteiger charge is 2.23. The number of nitrogens with zero attached hydrogens (tertiary/aromatic N) is 2. The molecule has 1 fully saturated rings. The maximum absolute atomic E-state index is 13.7. The first kappa shape index (κ1) is 12.9. The number of aromatic nitrogens is 1. The van der Waals surface area contributed by atoms with Crippen LogP contribution in [0.4, 0.5) is 14.9 Å². The lowest BCUT2D eigenvalue weighted by Crippen LogP contribution is -2.46. The van der Waals surface area contributed by atoms with Gasteiger partial charge in [0.05, 0.1) is 16.9 Å². The van der Waals surface area contributed by atoms with Gasteiger partial charge in [0.25, 0.3) is 0 Å². The Hall–Kier alpha value is -1.56. The second-order valence-corrected chi connectivity index (χ2v) is 4.63. The number of piperidine rings is 1. The Morgan fingerprint density at radius 2 is 2.17 bits per heavy atom. The molecule has 7 heteroatoms. The zero-order chi connectivity index (χ0) is 13.1. The lowest BCUT2D eigenvalue weighted by atomic mass is 10.0. The molecule has 3 N–H and O–H groups in total. The van der Waals surface area contributed by atoms with Crippen LogP contribution in [0.2, 0.25) is 5.02 Å². The minimum atomic E-state index is -0.526. The van der Waals surface area contributed by atoms with Gasteiger partial charge in [0.15, 0.2) is 5.82 Å². The molecule has 0 saturated carbocycles. The summed E-state index contributed by atoms with van der Waals surface area (Å²) in [6.45, 7) is 1.23. The van der Waals surface area contributed by atoms with E-state index in [9.17, 15) is 9.18 Å². The molecule has 2 heterocycles. The third kappa shape index (κ3) is 2.81. The van der Waals surface area contributed by atoms with Gasteiger partial charge in [0.1, 0.15) is 0 Å². The van der Waals surface area contributed by atoms with E-state index in [0.29, 0.717) is 36.6 Å². The summed E-state index contributed by atoms with van der Waals surface area (Å²) in [5.74, 6) is -0.427. The third-order valence-corrected chi connectivity index (χ3v) is 3.26. The summed E-state index contributed by atoms with van der Waals surface area (Å²) in [7, 11) is 0. The van der Waals surface area contributed by atoms with Crippen molar-refractivity contribution < 1.29 is 9.18 Å². The fraction of sp³-hybridized carbons (Fsp3) is 0.455. The number of halogens is 2. The monoisotopic (exact) mass is 272 g/mol. The predicted molar refractivity (Wildman–Crippen MR) is 67.2 cm³/mol. The first-order valence-corrected chi connectivity index (χ1v) is 6.05. The first-order valence-electron chi connectivity index (χ1n) is 5.68. The van der Waals surface area contributed by atoms with Crippen molar-refractivity contribution in [2.24, 2.45) is 5.73 Å². The third-order valence-electron chi connectivity index (χ3n) is 2.99.